The van der Waals surface area contributed by atoms with Gasteiger partial charge in [-0.3, -0.25) is 14.9 Å². The van der Waals surface area contributed by atoms with Crippen LogP contribution in [0.4, 0.5) is 5.69 Å². The Balaban J connectivity index is 1.89. The summed E-state index contributed by atoms with van der Waals surface area (Å²) in [6.45, 7) is 1.36. The number of carbonyl (C=O) groups excluding carboxylic acids is 2. The largest absolute Gasteiger partial charge is 0.478 e. The van der Waals surface area contributed by atoms with Crippen LogP contribution in [0, 0.1) is 17.0 Å². The maximum Gasteiger partial charge on any atom is 0.337 e. The topological polar surface area (TPSA) is 112 Å². The number of aromatic amines is 1. The Morgan fingerprint density at radius 1 is 1.19 bits per heavy atom. The van der Waals surface area contributed by atoms with E-state index >= 15 is 0 Å². The molecule has 0 aliphatic rings. The molecule has 0 saturated heterocycles. The van der Waals surface area contributed by atoms with Crippen LogP contribution in [-0.4, -0.2) is 35.4 Å². The maximum atomic E-state index is 12.7. The minimum Gasteiger partial charge on any atom is -0.478 e. The van der Waals surface area contributed by atoms with Gasteiger partial charge in [-0.05, 0) is 19.1 Å². The molecule has 0 aliphatic heterocycles. The monoisotopic (exact) mass is 368 g/mol. The van der Waals surface area contributed by atoms with Crippen LogP contribution in [0.3, 0.4) is 0 Å². The summed E-state index contributed by atoms with van der Waals surface area (Å²) in [5, 5.41) is 11.9. The van der Waals surface area contributed by atoms with E-state index in [9.17, 15) is 19.7 Å². The average Bonchev–Trinajstić information content (AvgIpc) is 3.00. The van der Waals surface area contributed by atoms with Gasteiger partial charge in [0.2, 0.25) is 5.78 Å². The second kappa shape index (κ2) is 7.28. The van der Waals surface area contributed by atoms with Gasteiger partial charge in [0.05, 0.1) is 17.6 Å². The van der Waals surface area contributed by atoms with Gasteiger partial charge in [-0.25, -0.2) is 4.79 Å². The van der Waals surface area contributed by atoms with Gasteiger partial charge in [0.15, 0.2) is 12.4 Å². The highest BCUT2D eigenvalue weighted by molar-refractivity contribution is 6.09. The molecule has 1 N–H and O–H groups in total. The number of hydrogen-bond donors (Lipinski definition) is 1. The zero-order valence-corrected chi connectivity index (χ0v) is 14.6. The van der Waals surface area contributed by atoms with E-state index < -0.39 is 17.5 Å². The lowest BCUT2D eigenvalue weighted by Crippen LogP contribution is -2.13. The van der Waals surface area contributed by atoms with Crippen LogP contribution in [-0.2, 0) is 4.74 Å². The van der Waals surface area contributed by atoms with E-state index in [1.165, 1.54) is 19.2 Å². The Morgan fingerprint density at radius 3 is 2.63 bits per heavy atom. The fourth-order valence-corrected chi connectivity index (χ4v) is 2.88. The first-order valence-corrected chi connectivity index (χ1v) is 8.02. The number of Topliss-reactive ketones (excluding diaryl/α,β-unsaturated/α-hetero) is 1. The summed E-state index contributed by atoms with van der Waals surface area (Å²) in [7, 11) is 1.20. The van der Waals surface area contributed by atoms with Crippen molar-refractivity contribution in [1.29, 1.82) is 0 Å². The third-order valence-corrected chi connectivity index (χ3v) is 4.11. The number of nitro groups is 1. The molecule has 3 aromatic rings. The molecule has 0 radical (unpaired) electrons. The molecule has 0 bridgehead atoms. The highest BCUT2D eigenvalue weighted by Gasteiger charge is 2.21. The Morgan fingerprint density at radius 2 is 1.93 bits per heavy atom. The van der Waals surface area contributed by atoms with Crippen LogP contribution in [0.15, 0.2) is 42.5 Å². The van der Waals surface area contributed by atoms with Crippen LogP contribution in [0.1, 0.15) is 26.4 Å². The number of ether oxygens (including phenoxy) is 2. The normalized spacial score (nSPS) is 10.6. The summed E-state index contributed by atoms with van der Waals surface area (Å²) in [5.74, 6) is -1.16. The first-order valence-electron chi connectivity index (χ1n) is 8.02. The zero-order valence-electron chi connectivity index (χ0n) is 14.6. The number of benzene rings is 2. The van der Waals surface area contributed by atoms with Crippen molar-refractivity contribution in [3.8, 4) is 5.75 Å². The summed E-state index contributed by atoms with van der Waals surface area (Å²) in [5.41, 5.74) is 1.72. The lowest BCUT2D eigenvalue weighted by atomic mass is 10.1. The van der Waals surface area contributed by atoms with Crippen LogP contribution >= 0.6 is 0 Å². The molecule has 0 atom stereocenters. The number of fused-ring (bicyclic) bond motifs is 1. The first-order chi connectivity index (χ1) is 12.9. The van der Waals surface area contributed by atoms with Gasteiger partial charge in [0.1, 0.15) is 0 Å². The summed E-state index contributed by atoms with van der Waals surface area (Å²) < 4.78 is 10.0. The number of nitrogens with zero attached hydrogens (tertiary/aromatic N) is 1. The van der Waals surface area contributed by atoms with Crippen molar-refractivity contribution in [3.63, 3.8) is 0 Å². The molecule has 0 saturated carbocycles. The van der Waals surface area contributed by atoms with Crippen molar-refractivity contribution >= 4 is 28.3 Å². The number of carbonyl (C=O) groups is 2. The Bertz CT molecular complexity index is 1050. The van der Waals surface area contributed by atoms with Gasteiger partial charge < -0.3 is 14.5 Å². The number of H-pyrrole nitrogens is 1. The summed E-state index contributed by atoms with van der Waals surface area (Å²) in [6.07, 6.45) is 0. The van der Waals surface area contributed by atoms with E-state index in [1.807, 2.05) is 24.3 Å². The zero-order chi connectivity index (χ0) is 19.6. The second-order valence-electron chi connectivity index (χ2n) is 5.81. The van der Waals surface area contributed by atoms with E-state index in [1.54, 1.807) is 6.92 Å². The number of ketones is 1. The molecule has 8 heteroatoms. The lowest BCUT2D eigenvalue weighted by Gasteiger charge is -2.08. The Labute approximate surface area is 153 Å². The van der Waals surface area contributed by atoms with Gasteiger partial charge in [-0.1, -0.05) is 18.2 Å². The predicted molar refractivity (Wildman–Crippen MR) is 97.3 cm³/mol. The van der Waals surface area contributed by atoms with E-state index in [4.69, 9.17) is 4.74 Å². The van der Waals surface area contributed by atoms with Crippen molar-refractivity contribution in [1.82, 2.24) is 4.98 Å². The van der Waals surface area contributed by atoms with Gasteiger partial charge >= 0.3 is 11.7 Å². The molecule has 1 aromatic heterocycles. The molecule has 0 unspecified atom stereocenters. The molecule has 0 spiro atoms. The third kappa shape index (κ3) is 3.50. The Hall–Kier alpha value is -3.68. The van der Waals surface area contributed by atoms with E-state index in [0.717, 1.165) is 17.0 Å². The van der Waals surface area contributed by atoms with Crippen LogP contribution in [0.25, 0.3) is 10.9 Å². The standard InChI is InChI=1S/C19H16N2O6/c1-11-18(13-5-3-4-6-14(13)20-11)16(22)10-27-17-9-12(19(23)26-2)7-8-15(17)21(24)25/h3-9,20H,10H2,1-2H3. The molecule has 0 amide bonds. The predicted octanol–water partition coefficient (Wildman–Crippen LogP) is 3.43. The van der Waals surface area contributed by atoms with Crippen LogP contribution in [0.2, 0.25) is 0 Å². The number of nitro benzene ring substituents is 1. The number of aryl methyl sites for hydroxylation is 1. The average molecular weight is 368 g/mol. The molecule has 2 aromatic carbocycles. The van der Waals surface area contributed by atoms with Gasteiger partial charge in [-0.2, -0.15) is 0 Å². The quantitative estimate of drug-likeness (QED) is 0.309. The van der Waals surface area contributed by atoms with E-state index in [-0.39, 0.29) is 22.8 Å². The number of methoxy groups -OCH3 is 1. The highest BCUT2D eigenvalue weighted by atomic mass is 16.6. The third-order valence-electron chi connectivity index (χ3n) is 4.11. The number of rotatable bonds is 6. The minimum absolute atomic E-state index is 0.0915. The van der Waals surface area contributed by atoms with Crippen LogP contribution in [0.5, 0.6) is 5.75 Å². The summed E-state index contributed by atoms with van der Waals surface area (Å²) >= 11 is 0. The molecule has 0 aliphatic carbocycles. The number of hydrogen-bond acceptors (Lipinski definition) is 6. The maximum absolute atomic E-state index is 12.7. The number of aromatic nitrogens is 1. The van der Waals surface area contributed by atoms with Gasteiger partial charge in [0.25, 0.3) is 0 Å². The van der Waals surface area contributed by atoms with Crippen molar-refractivity contribution in [3.05, 3.63) is 69.4 Å². The second-order valence-corrected chi connectivity index (χ2v) is 5.81. The molecule has 0 fully saturated rings. The molecular formula is C19H16N2O6. The van der Waals surface area contributed by atoms with Gasteiger partial charge in [0, 0.05) is 34.3 Å². The lowest BCUT2D eigenvalue weighted by molar-refractivity contribution is -0.385. The molecule has 3 rings (SSSR count). The fourth-order valence-electron chi connectivity index (χ4n) is 2.88. The Kier molecular flexibility index (Phi) is 4.89. The van der Waals surface area contributed by atoms with Crippen molar-refractivity contribution in [2.45, 2.75) is 6.92 Å². The number of para-hydroxylation sites is 1. The number of esters is 1. The van der Waals surface area contributed by atoms with Crippen molar-refractivity contribution in [2.24, 2.45) is 0 Å². The first kappa shape index (κ1) is 18.1. The van der Waals surface area contributed by atoms with E-state index in [2.05, 4.69) is 9.72 Å². The molecule has 27 heavy (non-hydrogen) atoms. The molecular weight excluding hydrogens is 352 g/mol. The van der Waals surface area contributed by atoms with Crippen molar-refractivity contribution in [2.75, 3.05) is 13.7 Å². The highest BCUT2D eigenvalue weighted by Crippen LogP contribution is 2.29. The molecule has 1 heterocycles. The molecule has 138 valence electrons. The SMILES string of the molecule is COC(=O)c1ccc([N+](=O)[O-])c(OCC(=O)c2c(C)[nH]c3ccccc23)c1. The van der Waals surface area contributed by atoms with Gasteiger partial charge in [-0.15, -0.1) is 0 Å². The van der Waals surface area contributed by atoms with Crippen molar-refractivity contribution < 1.29 is 24.0 Å². The number of nitrogens with one attached hydrogen (secondary N) is 1. The smallest absolute Gasteiger partial charge is 0.337 e. The van der Waals surface area contributed by atoms with Crippen LogP contribution < -0.4 is 4.74 Å². The minimum atomic E-state index is -0.659. The molecule has 8 nitrogen and oxygen atoms in total. The van der Waals surface area contributed by atoms with E-state index in [0.29, 0.717) is 11.3 Å². The summed E-state index contributed by atoms with van der Waals surface area (Å²) in [6, 6.07) is 10.9. The summed E-state index contributed by atoms with van der Waals surface area (Å²) in [4.78, 5) is 38.0. The fraction of sp³-hybridized carbons (Fsp3) is 0.158.